The van der Waals surface area contributed by atoms with Crippen LogP contribution in [0.15, 0.2) is 60.9 Å². The minimum atomic E-state index is -0.177. The first-order chi connectivity index (χ1) is 15.6. The van der Waals surface area contributed by atoms with E-state index in [0.717, 1.165) is 29.9 Å². The molecule has 0 radical (unpaired) electrons. The van der Waals surface area contributed by atoms with E-state index >= 15 is 0 Å². The minimum absolute atomic E-state index is 0.177. The Morgan fingerprint density at radius 1 is 1.00 bits per heavy atom. The number of aryl methyl sites for hydroxylation is 1. The topological polar surface area (TPSA) is 63.7 Å². The Balaban J connectivity index is 1.46. The van der Waals surface area contributed by atoms with E-state index in [1.54, 1.807) is 30.6 Å². The van der Waals surface area contributed by atoms with Crippen molar-refractivity contribution in [1.82, 2.24) is 4.98 Å². The fourth-order valence-corrected chi connectivity index (χ4v) is 3.83. The van der Waals surface area contributed by atoms with E-state index in [4.69, 9.17) is 9.47 Å². The zero-order chi connectivity index (χ0) is 22.3. The SMILES string of the molecule is CCOc1cc(C(=O)Nc2ccc(N3CCCC3)cc2C)ccc1OCc1ccncc1. The lowest BCUT2D eigenvalue weighted by molar-refractivity contribution is 0.102. The number of carbonyl (C=O) groups is 1. The van der Waals surface area contributed by atoms with Crippen molar-refractivity contribution in [2.24, 2.45) is 0 Å². The molecular weight excluding hydrogens is 402 g/mol. The number of ether oxygens (including phenoxy) is 2. The second kappa shape index (κ2) is 10.2. The van der Waals surface area contributed by atoms with Crippen molar-refractivity contribution >= 4 is 17.3 Å². The highest BCUT2D eigenvalue weighted by Gasteiger charge is 2.16. The molecule has 0 saturated carbocycles. The molecular formula is C26H29N3O3. The summed E-state index contributed by atoms with van der Waals surface area (Å²) >= 11 is 0. The molecule has 32 heavy (non-hydrogen) atoms. The van der Waals surface area contributed by atoms with Crippen LogP contribution < -0.4 is 19.7 Å². The molecule has 0 atom stereocenters. The highest BCUT2D eigenvalue weighted by Crippen LogP contribution is 2.30. The summed E-state index contributed by atoms with van der Waals surface area (Å²) in [5.41, 5.74) is 4.61. The molecule has 4 rings (SSSR count). The van der Waals surface area contributed by atoms with Crippen LogP contribution in [-0.2, 0) is 6.61 Å². The van der Waals surface area contributed by atoms with Gasteiger partial charge in [-0.05, 0) is 86.3 Å². The fourth-order valence-electron chi connectivity index (χ4n) is 3.83. The predicted molar refractivity (Wildman–Crippen MR) is 127 cm³/mol. The van der Waals surface area contributed by atoms with Gasteiger partial charge in [0, 0.05) is 42.4 Å². The molecule has 2 heterocycles. The van der Waals surface area contributed by atoms with E-state index in [0.29, 0.717) is 30.3 Å². The minimum Gasteiger partial charge on any atom is -0.490 e. The Morgan fingerprint density at radius 3 is 2.50 bits per heavy atom. The quantitative estimate of drug-likeness (QED) is 0.530. The van der Waals surface area contributed by atoms with Crippen molar-refractivity contribution in [1.29, 1.82) is 0 Å². The molecule has 1 amide bonds. The fraction of sp³-hybridized carbons (Fsp3) is 0.308. The predicted octanol–water partition coefficient (Wildman–Crippen LogP) is 5.22. The second-order valence-corrected chi connectivity index (χ2v) is 7.89. The number of anilines is 2. The molecule has 1 aliphatic heterocycles. The molecule has 0 aliphatic carbocycles. The molecule has 2 aromatic carbocycles. The van der Waals surface area contributed by atoms with E-state index in [9.17, 15) is 4.79 Å². The third-order valence-corrected chi connectivity index (χ3v) is 5.58. The highest BCUT2D eigenvalue weighted by atomic mass is 16.5. The van der Waals surface area contributed by atoms with Crippen LogP contribution in [0.5, 0.6) is 11.5 Å². The number of carbonyl (C=O) groups excluding carboxylic acids is 1. The van der Waals surface area contributed by atoms with E-state index in [2.05, 4.69) is 27.3 Å². The maximum Gasteiger partial charge on any atom is 0.255 e. The van der Waals surface area contributed by atoms with Crippen molar-refractivity contribution in [2.75, 3.05) is 29.9 Å². The lowest BCUT2D eigenvalue weighted by Crippen LogP contribution is -2.18. The van der Waals surface area contributed by atoms with Crippen molar-refractivity contribution in [3.8, 4) is 11.5 Å². The molecule has 1 aliphatic rings. The van der Waals surface area contributed by atoms with Gasteiger partial charge >= 0.3 is 0 Å². The number of rotatable bonds is 8. The van der Waals surface area contributed by atoms with Crippen LogP contribution in [-0.4, -0.2) is 30.6 Å². The van der Waals surface area contributed by atoms with Crippen molar-refractivity contribution in [3.63, 3.8) is 0 Å². The van der Waals surface area contributed by atoms with Gasteiger partial charge in [0.05, 0.1) is 6.61 Å². The van der Waals surface area contributed by atoms with Crippen molar-refractivity contribution in [2.45, 2.75) is 33.3 Å². The Kier molecular flexibility index (Phi) is 6.90. The monoisotopic (exact) mass is 431 g/mol. The maximum absolute atomic E-state index is 12.9. The van der Waals surface area contributed by atoms with E-state index in [1.807, 2.05) is 32.0 Å². The van der Waals surface area contributed by atoms with Crippen LogP contribution in [0.4, 0.5) is 11.4 Å². The van der Waals surface area contributed by atoms with Gasteiger partial charge in [0.25, 0.3) is 5.91 Å². The van der Waals surface area contributed by atoms with Gasteiger partial charge in [-0.15, -0.1) is 0 Å². The van der Waals surface area contributed by atoms with Gasteiger partial charge in [-0.25, -0.2) is 0 Å². The van der Waals surface area contributed by atoms with Crippen LogP contribution in [0.3, 0.4) is 0 Å². The summed E-state index contributed by atoms with van der Waals surface area (Å²) in [6.45, 7) is 7.01. The molecule has 3 aromatic rings. The summed E-state index contributed by atoms with van der Waals surface area (Å²) in [5, 5.41) is 3.03. The first-order valence-corrected chi connectivity index (χ1v) is 11.1. The Hall–Kier alpha value is -3.54. The number of pyridine rings is 1. The van der Waals surface area contributed by atoms with Gasteiger partial charge in [-0.2, -0.15) is 0 Å². The smallest absolute Gasteiger partial charge is 0.255 e. The van der Waals surface area contributed by atoms with Crippen LogP contribution in [0.2, 0.25) is 0 Å². The summed E-state index contributed by atoms with van der Waals surface area (Å²) in [5.74, 6) is 0.977. The van der Waals surface area contributed by atoms with Gasteiger partial charge in [-0.3, -0.25) is 9.78 Å². The van der Waals surface area contributed by atoms with E-state index in [1.165, 1.54) is 18.5 Å². The molecule has 0 bridgehead atoms. The molecule has 1 N–H and O–H groups in total. The van der Waals surface area contributed by atoms with Gasteiger partial charge in [0.1, 0.15) is 6.61 Å². The lowest BCUT2D eigenvalue weighted by Gasteiger charge is -2.19. The molecule has 1 saturated heterocycles. The number of hydrogen-bond acceptors (Lipinski definition) is 5. The summed E-state index contributed by atoms with van der Waals surface area (Å²) in [6.07, 6.45) is 5.94. The van der Waals surface area contributed by atoms with Gasteiger partial charge < -0.3 is 19.7 Å². The molecule has 6 heteroatoms. The maximum atomic E-state index is 12.9. The van der Waals surface area contributed by atoms with Crippen LogP contribution in [0, 0.1) is 6.92 Å². The molecule has 166 valence electrons. The first-order valence-electron chi connectivity index (χ1n) is 11.1. The number of nitrogens with zero attached hydrogens (tertiary/aromatic N) is 2. The Morgan fingerprint density at radius 2 is 1.78 bits per heavy atom. The summed E-state index contributed by atoms with van der Waals surface area (Å²) in [6, 6.07) is 15.3. The van der Waals surface area contributed by atoms with Crippen LogP contribution in [0.25, 0.3) is 0 Å². The molecule has 0 unspecified atom stereocenters. The number of hydrogen-bond donors (Lipinski definition) is 1. The van der Waals surface area contributed by atoms with Gasteiger partial charge in [0.2, 0.25) is 0 Å². The second-order valence-electron chi connectivity index (χ2n) is 7.89. The highest BCUT2D eigenvalue weighted by molar-refractivity contribution is 6.05. The van der Waals surface area contributed by atoms with Crippen molar-refractivity contribution < 1.29 is 14.3 Å². The number of benzene rings is 2. The van der Waals surface area contributed by atoms with Gasteiger partial charge in [0.15, 0.2) is 11.5 Å². The van der Waals surface area contributed by atoms with Crippen LogP contribution >= 0.6 is 0 Å². The van der Waals surface area contributed by atoms with E-state index in [-0.39, 0.29) is 5.91 Å². The molecule has 1 aromatic heterocycles. The number of nitrogens with one attached hydrogen (secondary N) is 1. The standard InChI is InChI=1S/C26H29N3O3/c1-3-31-25-17-21(6-9-24(25)32-18-20-10-12-27-13-11-20)26(30)28-23-8-7-22(16-19(23)2)29-14-4-5-15-29/h6-13,16-17H,3-5,14-15,18H2,1-2H3,(H,28,30). The first kappa shape index (κ1) is 21.7. The van der Waals surface area contributed by atoms with Gasteiger partial charge in [-0.1, -0.05) is 0 Å². The Bertz CT molecular complexity index is 1060. The average molecular weight is 432 g/mol. The van der Waals surface area contributed by atoms with Crippen LogP contribution in [0.1, 0.15) is 41.3 Å². The van der Waals surface area contributed by atoms with Crippen molar-refractivity contribution in [3.05, 3.63) is 77.6 Å². The molecule has 1 fully saturated rings. The largest absolute Gasteiger partial charge is 0.490 e. The Labute approximate surface area is 189 Å². The lowest BCUT2D eigenvalue weighted by atomic mass is 10.1. The number of amides is 1. The summed E-state index contributed by atoms with van der Waals surface area (Å²) in [7, 11) is 0. The molecule has 0 spiro atoms. The average Bonchev–Trinajstić information content (AvgIpc) is 3.35. The third kappa shape index (κ3) is 5.19. The third-order valence-electron chi connectivity index (χ3n) is 5.58. The zero-order valence-corrected chi connectivity index (χ0v) is 18.6. The zero-order valence-electron chi connectivity index (χ0n) is 18.6. The normalized spacial score (nSPS) is 13.1. The summed E-state index contributed by atoms with van der Waals surface area (Å²) in [4.78, 5) is 19.3. The molecule has 6 nitrogen and oxygen atoms in total. The summed E-state index contributed by atoms with van der Waals surface area (Å²) < 4.78 is 11.7. The number of aromatic nitrogens is 1. The van der Waals surface area contributed by atoms with E-state index < -0.39 is 0 Å².